The molecular formula is C24H46O4. The molecule has 0 fully saturated rings. The van der Waals surface area contributed by atoms with Crippen LogP contribution in [0.4, 0.5) is 0 Å². The number of carbonyl (C=O) groups excluding carboxylic acids is 1. The number of hydrogen-bond donors (Lipinski definition) is 1. The molecule has 0 aromatic heterocycles. The van der Waals surface area contributed by atoms with Gasteiger partial charge in [-0.3, -0.25) is 4.79 Å². The van der Waals surface area contributed by atoms with E-state index in [1.165, 1.54) is 103 Å². The predicted molar refractivity (Wildman–Crippen MR) is 117 cm³/mol. The Labute approximate surface area is 173 Å². The third kappa shape index (κ3) is 19.7. The van der Waals surface area contributed by atoms with Gasteiger partial charge in [-0.05, 0) is 12.8 Å². The van der Waals surface area contributed by atoms with E-state index < -0.39 is 18.0 Å². The van der Waals surface area contributed by atoms with E-state index in [4.69, 9.17) is 9.84 Å². The van der Waals surface area contributed by atoms with E-state index in [1.54, 1.807) is 0 Å². The van der Waals surface area contributed by atoms with Gasteiger partial charge in [0, 0.05) is 6.92 Å². The number of carbonyl (C=O) groups is 2. The van der Waals surface area contributed by atoms with Gasteiger partial charge in [-0.15, -0.1) is 0 Å². The van der Waals surface area contributed by atoms with Gasteiger partial charge >= 0.3 is 11.9 Å². The average Bonchev–Trinajstić information content (AvgIpc) is 2.65. The average molecular weight is 399 g/mol. The highest BCUT2D eigenvalue weighted by Crippen LogP contribution is 2.15. The van der Waals surface area contributed by atoms with Crippen LogP contribution in [-0.2, 0) is 14.3 Å². The number of carboxylic acids is 1. The third-order valence-electron chi connectivity index (χ3n) is 5.40. The molecule has 0 aromatic rings. The smallest absolute Gasteiger partial charge is 0.345 e. The highest BCUT2D eigenvalue weighted by atomic mass is 16.6. The van der Waals surface area contributed by atoms with Crippen LogP contribution in [-0.4, -0.2) is 23.1 Å². The molecule has 0 saturated carbocycles. The Hall–Kier alpha value is -1.06. The van der Waals surface area contributed by atoms with Gasteiger partial charge in [0.1, 0.15) is 0 Å². The van der Waals surface area contributed by atoms with Gasteiger partial charge in [-0.25, -0.2) is 4.79 Å². The minimum absolute atomic E-state index is 0.424. The minimum atomic E-state index is -1.04. The maximum Gasteiger partial charge on any atom is 0.345 e. The van der Waals surface area contributed by atoms with Crippen molar-refractivity contribution in [1.82, 2.24) is 0 Å². The molecule has 0 aromatic carbocycles. The molecule has 4 nitrogen and oxygen atoms in total. The Kier molecular flexibility index (Phi) is 19.9. The van der Waals surface area contributed by atoms with E-state index in [-0.39, 0.29) is 0 Å². The molecule has 0 saturated heterocycles. The Morgan fingerprint density at radius 1 is 0.643 bits per heavy atom. The molecule has 28 heavy (non-hydrogen) atoms. The first kappa shape index (κ1) is 26.9. The van der Waals surface area contributed by atoms with E-state index in [9.17, 15) is 9.59 Å². The topological polar surface area (TPSA) is 63.6 Å². The summed E-state index contributed by atoms with van der Waals surface area (Å²) >= 11 is 0. The number of ether oxygens (including phenoxy) is 1. The number of aliphatic carboxylic acids is 1. The normalized spacial score (nSPS) is 12.1. The van der Waals surface area contributed by atoms with Gasteiger partial charge in [0.2, 0.25) is 0 Å². The van der Waals surface area contributed by atoms with E-state index in [2.05, 4.69) is 6.92 Å². The van der Waals surface area contributed by atoms with Crippen LogP contribution in [0, 0.1) is 0 Å². The highest BCUT2D eigenvalue weighted by molar-refractivity contribution is 5.76. The first-order chi connectivity index (χ1) is 13.6. The number of unbranched alkanes of at least 4 members (excludes halogenated alkanes) is 17. The van der Waals surface area contributed by atoms with Gasteiger partial charge in [0.25, 0.3) is 0 Å². The monoisotopic (exact) mass is 398 g/mol. The maximum atomic E-state index is 11.0. The Morgan fingerprint density at radius 2 is 0.964 bits per heavy atom. The van der Waals surface area contributed by atoms with Gasteiger partial charge < -0.3 is 9.84 Å². The Balaban J connectivity index is 3.23. The number of esters is 1. The molecule has 0 bridgehead atoms. The second-order valence-corrected chi connectivity index (χ2v) is 8.24. The third-order valence-corrected chi connectivity index (χ3v) is 5.40. The molecular weight excluding hydrogens is 352 g/mol. The van der Waals surface area contributed by atoms with Crippen LogP contribution in [0.1, 0.15) is 136 Å². The van der Waals surface area contributed by atoms with E-state index in [1.807, 2.05) is 0 Å². The number of hydrogen-bond acceptors (Lipinski definition) is 3. The van der Waals surface area contributed by atoms with Crippen LogP contribution in [0.5, 0.6) is 0 Å². The fourth-order valence-corrected chi connectivity index (χ4v) is 3.66. The van der Waals surface area contributed by atoms with Crippen LogP contribution in [0.2, 0.25) is 0 Å². The molecule has 0 spiro atoms. The van der Waals surface area contributed by atoms with Crippen LogP contribution >= 0.6 is 0 Å². The lowest BCUT2D eigenvalue weighted by Gasteiger charge is -2.11. The fourth-order valence-electron chi connectivity index (χ4n) is 3.66. The quantitative estimate of drug-likeness (QED) is 0.161. The van der Waals surface area contributed by atoms with Gasteiger partial charge in [0.05, 0.1) is 0 Å². The van der Waals surface area contributed by atoms with E-state index in [0.29, 0.717) is 6.42 Å². The zero-order valence-electron chi connectivity index (χ0n) is 18.7. The van der Waals surface area contributed by atoms with Crippen molar-refractivity contribution in [2.45, 2.75) is 142 Å². The highest BCUT2D eigenvalue weighted by Gasteiger charge is 2.19. The van der Waals surface area contributed by atoms with Crippen molar-refractivity contribution in [3.63, 3.8) is 0 Å². The van der Waals surface area contributed by atoms with Crippen molar-refractivity contribution < 1.29 is 19.4 Å². The summed E-state index contributed by atoms with van der Waals surface area (Å²) in [5.74, 6) is -1.56. The summed E-state index contributed by atoms with van der Waals surface area (Å²) in [6.45, 7) is 3.53. The molecule has 0 aliphatic carbocycles. The summed E-state index contributed by atoms with van der Waals surface area (Å²) in [5, 5.41) is 8.99. The summed E-state index contributed by atoms with van der Waals surface area (Å²) in [7, 11) is 0. The standard InChI is InChI=1S/C24H46O4/c1-3-4-5-6-7-8-9-10-11-12-13-14-15-16-17-18-19-20-21-23(24(26)27)28-22(2)25/h23H,3-21H2,1-2H3,(H,26,27). The summed E-state index contributed by atoms with van der Waals surface area (Å²) in [6.07, 6.45) is 23.1. The van der Waals surface area contributed by atoms with Crippen molar-refractivity contribution in [2.24, 2.45) is 0 Å². The Bertz CT molecular complexity index is 368. The fraction of sp³-hybridized carbons (Fsp3) is 0.917. The van der Waals surface area contributed by atoms with Crippen LogP contribution in [0.15, 0.2) is 0 Å². The minimum Gasteiger partial charge on any atom is -0.479 e. The molecule has 1 atom stereocenters. The second-order valence-electron chi connectivity index (χ2n) is 8.24. The second kappa shape index (κ2) is 20.7. The van der Waals surface area contributed by atoms with Gasteiger partial charge in [0.15, 0.2) is 6.10 Å². The predicted octanol–water partition coefficient (Wildman–Crippen LogP) is 7.43. The molecule has 1 unspecified atom stereocenters. The molecule has 0 rings (SSSR count). The first-order valence-electron chi connectivity index (χ1n) is 12.0. The largest absolute Gasteiger partial charge is 0.479 e. The van der Waals surface area contributed by atoms with Gasteiger partial charge in [-0.2, -0.15) is 0 Å². The van der Waals surface area contributed by atoms with Crippen LogP contribution in [0.3, 0.4) is 0 Å². The van der Waals surface area contributed by atoms with E-state index in [0.717, 1.165) is 19.3 Å². The lowest BCUT2D eigenvalue weighted by molar-refractivity contribution is -0.163. The SMILES string of the molecule is CCCCCCCCCCCCCCCCCCCCC(OC(C)=O)C(=O)O. The maximum absolute atomic E-state index is 11.0. The molecule has 0 aliphatic heterocycles. The first-order valence-corrected chi connectivity index (χ1v) is 12.0. The molecule has 0 amide bonds. The van der Waals surface area contributed by atoms with Gasteiger partial charge in [-0.1, -0.05) is 116 Å². The van der Waals surface area contributed by atoms with Crippen molar-refractivity contribution in [3.05, 3.63) is 0 Å². The lowest BCUT2D eigenvalue weighted by atomic mass is 10.0. The summed E-state index contributed by atoms with van der Waals surface area (Å²) in [6, 6.07) is 0. The lowest BCUT2D eigenvalue weighted by Crippen LogP contribution is -2.25. The van der Waals surface area contributed by atoms with Crippen LogP contribution in [0.25, 0.3) is 0 Å². The molecule has 0 radical (unpaired) electrons. The molecule has 166 valence electrons. The van der Waals surface area contributed by atoms with Crippen molar-refractivity contribution in [1.29, 1.82) is 0 Å². The summed E-state index contributed by atoms with van der Waals surface area (Å²) < 4.78 is 4.81. The van der Waals surface area contributed by atoms with Crippen LogP contribution < -0.4 is 0 Å². The molecule has 1 N–H and O–H groups in total. The zero-order valence-corrected chi connectivity index (χ0v) is 18.7. The number of rotatable bonds is 21. The summed E-state index contributed by atoms with van der Waals surface area (Å²) in [4.78, 5) is 21.8. The molecule has 0 heterocycles. The molecule has 4 heteroatoms. The van der Waals surface area contributed by atoms with Crippen molar-refractivity contribution in [2.75, 3.05) is 0 Å². The zero-order chi connectivity index (χ0) is 20.9. The number of carboxylic acid groups (broad SMARTS) is 1. The van der Waals surface area contributed by atoms with Crippen molar-refractivity contribution >= 4 is 11.9 Å². The Morgan fingerprint density at radius 3 is 1.25 bits per heavy atom. The molecule has 0 aliphatic rings. The van der Waals surface area contributed by atoms with Crippen molar-refractivity contribution in [3.8, 4) is 0 Å². The summed E-state index contributed by atoms with van der Waals surface area (Å²) in [5.41, 5.74) is 0. The van der Waals surface area contributed by atoms with E-state index >= 15 is 0 Å².